The van der Waals surface area contributed by atoms with Gasteiger partial charge in [0.15, 0.2) is 0 Å². The molecule has 2 aromatic carbocycles. The Bertz CT molecular complexity index is 759. The molecule has 1 heterocycles. The van der Waals surface area contributed by atoms with Crippen LogP contribution in [0, 0.1) is 0 Å². The quantitative estimate of drug-likeness (QED) is 0.622. The van der Waals surface area contributed by atoms with Crippen LogP contribution in [0.25, 0.3) is 20.5 Å². The van der Waals surface area contributed by atoms with Gasteiger partial charge in [-0.05, 0) is 29.7 Å². The van der Waals surface area contributed by atoms with Crippen LogP contribution >= 0.6 is 22.9 Å². The first-order chi connectivity index (χ1) is 9.70. The second kappa shape index (κ2) is 5.27. The first kappa shape index (κ1) is 13.2. The van der Waals surface area contributed by atoms with E-state index in [0.29, 0.717) is 10.6 Å². The van der Waals surface area contributed by atoms with E-state index in [1.54, 1.807) is 29.5 Å². The van der Waals surface area contributed by atoms with Crippen molar-refractivity contribution in [1.29, 1.82) is 0 Å². The highest BCUT2D eigenvalue weighted by Crippen LogP contribution is 2.39. The lowest BCUT2D eigenvalue weighted by Gasteiger charge is -2.07. The summed E-state index contributed by atoms with van der Waals surface area (Å²) in [5.41, 5.74) is 1.23. The van der Waals surface area contributed by atoms with E-state index in [0.717, 1.165) is 15.8 Å². The fourth-order valence-corrected chi connectivity index (χ4v) is 3.63. The number of rotatable bonds is 2. The van der Waals surface area contributed by atoms with Crippen molar-refractivity contribution in [3.8, 4) is 10.4 Å². The number of hydrogen-bond acceptors (Lipinski definition) is 3. The Labute approximate surface area is 125 Å². The second-order valence-electron chi connectivity index (χ2n) is 4.30. The molecule has 20 heavy (non-hydrogen) atoms. The van der Waals surface area contributed by atoms with Gasteiger partial charge in [0.25, 0.3) is 0 Å². The van der Waals surface area contributed by atoms with E-state index >= 15 is 0 Å². The molecule has 0 bridgehead atoms. The minimum absolute atomic E-state index is 0.375. The Morgan fingerprint density at radius 3 is 2.70 bits per heavy atom. The van der Waals surface area contributed by atoms with Gasteiger partial charge in [-0.15, -0.1) is 11.3 Å². The molecule has 0 spiro atoms. The third kappa shape index (κ3) is 2.19. The van der Waals surface area contributed by atoms with Gasteiger partial charge in [0.05, 0.1) is 17.7 Å². The number of ether oxygens (including phenoxy) is 1. The summed E-state index contributed by atoms with van der Waals surface area (Å²) in [4.78, 5) is 12.9. The van der Waals surface area contributed by atoms with E-state index in [1.165, 1.54) is 11.8 Å². The lowest BCUT2D eigenvalue weighted by atomic mass is 10.1. The van der Waals surface area contributed by atoms with E-state index in [1.807, 2.05) is 24.3 Å². The summed E-state index contributed by atoms with van der Waals surface area (Å²) < 4.78 is 6.00. The molecule has 0 unspecified atom stereocenters. The first-order valence-electron chi connectivity index (χ1n) is 6.06. The molecule has 100 valence electrons. The van der Waals surface area contributed by atoms with Crippen molar-refractivity contribution in [3.05, 3.63) is 59.1 Å². The molecule has 0 aliphatic heterocycles. The predicted octanol–water partition coefficient (Wildman–Crippen LogP) is 5.01. The third-order valence-electron chi connectivity index (χ3n) is 3.09. The number of fused-ring (bicyclic) bond motifs is 1. The topological polar surface area (TPSA) is 26.3 Å². The van der Waals surface area contributed by atoms with Crippen LogP contribution in [0.2, 0.25) is 5.02 Å². The number of thiophene rings is 1. The van der Waals surface area contributed by atoms with Crippen LogP contribution in [0.3, 0.4) is 0 Å². The van der Waals surface area contributed by atoms with Crippen molar-refractivity contribution >= 4 is 39.0 Å². The average Bonchev–Trinajstić information content (AvgIpc) is 2.89. The summed E-state index contributed by atoms with van der Waals surface area (Å²) in [6, 6.07) is 15.4. The molecule has 0 atom stereocenters. The number of benzene rings is 2. The Morgan fingerprint density at radius 1 is 1.15 bits per heavy atom. The van der Waals surface area contributed by atoms with Gasteiger partial charge in [-0.1, -0.05) is 35.9 Å². The highest BCUT2D eigenvalue weighted by molar-refractivity contribution is 7.22. The zero-order chi connectivity index (χ0) is 14.1. The standard InChI is InChI=1S/C16H11ClO2S/c1-19-16(18)11-6-4-7-12(17)15(11)14-9-10-5-2-3-8-13(10)20-14/h2-9H,1H3. The second-order valence-corrected chi connectivity index (χ2v) is 5.79. The summed E-state index contributed by atoms with van der Waals surface area (Å²) in [7, 11) is 1.37. The van der Waals surface area contributed by atoms with Gasteiger partial charge < -0.3 is 4.74 Å². The first-order valence-corrected chi connectivity index (χ1v) is 7.26. The zero-order valence-corrected chi connectivity index (χ0v) is 12.3. The molecule has 0 saturated carbocycles. The molecule has 2 nitrogen and oxygen atoms in total. The van der Waals surface area contributed by atoms with Gasteiger partial charge in [0.2, 0.25) is 0 Å². The van der Waals surface area contributed by atoms with E-state index in [4.69, 9.17) is 16.3 Å². The van der Waals surface area contributed by atoms with Crippen LogP contribution in [0.15, 0.2) is 48.5 Å². The Hall–Kier alpha value is -1.84. The van der Waals surface area contributed by atoms with Crippen molar-refractivity contribution in [2.24, 2.45) is 0 Å². The largest absolute Gasteiger partial charge is 0.465 e. The number of hydrogen-bond donors (Lipinski definition) is 0. The number of halogens is 1. The summed E-state index contributed by atoms with van der Waals surface area (Å²) >= 11 is 7.91. The van der Waals surface area contributed by atoms with Crippen LogP contribution in [0.4, 0.5) is 0 Å². The van der Waals surface area contributed by atoms with Crippen molar-refractivity contribution in [2.45, 2.75) is 0 Å². The normalized spacial score (nSPS) is 10.7. The van der Waals surface area contributed by atoms with Crippen LogP contribution in [0.5, 0.6) is 0 Å². The molecule has 0 aliphatic carbocycles. The molecule has 1 aromatic heterocycles. The van der Waals surface area contributed by atoms with E-state index in [2.05, 4.69) is 6.07 Å². The van der Waals surface area contributed by atoms with E-state index in [-0.39, 0.29) is 5.97 Å². The van der Waals surface area contributed by atoms with Crippen molar-refractivity contribution in [3.63, 3.8) is 0 Å². The van der Waals surface area contributed by atoms with E-state index in [9.17, 15) is 4.79 Å². The fourth-order valence-electron chi connectivity index (χ4n) is 2.16. The van der Waals surface area contributed by atoms with Crippen molar-refractivity contribution in [2.75, 3.05) is 7.11 Å². The number of carbonyl (C=O) groups excluding carboxylic acids is 1. The monoisotopic (exact) mass is 302 g/mol. The summed E-state index contributed by atoms with van der Waals surface area (Å²) in [5.74, 6) is -0.375. The van der Waals surface area contributed by atoms with Gasteiger partial charge in [0.1, 0.15) is 0 Å². The summed E-state index contributed by atoms with van der Waals surface area (Å²) in [6.07, 6.45) is 0. The number of esters is 1. The zero-order valence-electron chi connectivity index (χ0n) is 10.7. The molecule has 3 rings (SSSR count). The van der Waals surface area contributed by atoms with Gasteiger partial charge in [0, 0.05) is 15.1 Å². The number of carbonyl (C=O) groups is 1. The minimum atomic E-state index is -0.375. The molecule has 4 heteroatoms. The molecule has 0 amide bonds. The maximum absolute atomic E-state index is 11.9. The van der Waals surface area contributed by atoms with Crippen molar-refractivity contribution < 1.29 is 9.53 Å². The lowest BCUT2D eigenvalue weighted by molar-refractivity contribution is 0.0601. The lowest BCUT2D eigenvalue weighted by Crippen LogP contribution is -2.03. The van der Waals surface area contributed by atoms with Crippen molar-refractivity contribution in [1.82, 2.24) is 0 Å². The highest BCUT2D eigenvalue weighted by atomic mass is 35.5. The van der Waals surface area contributed by atoms with E-state index < -0.39 is 0 Å². The SMILES string of the molecule is COC(=O)c1cccc(Cl)c1-c1cc2ccccc2s1. The summed E-state index contributed by atoms with van der Waals surface area (Å²) in [5, 5.41) is 1.70. The smallest absolute Gasteiger partial charge is 0.338 e. The van der Waals surface area contributed by atoms with Gasteiger partial charge in [-0.3, -0.25) is 0 Å². The highest BCUT2D eigenvalue weighted by Gasteiger charge is 2.17. The maximum Gasteiger partial charge on any atom is 0.338 e. The molecular formula is C16H11ClO2S. The molecule has 0 fully saturated rings. The molecule has 3 aromatic rings. The molecule has 0 aliphatic rings. The Balaban J connectivity index is 2.25. The molecule has 0 saturated heterocycles. The maximum atomic E-state index is 11.9. The Kier molecular flexibility index (Phi) is 3.47. The van der Waals surface area contributed by atoms with Crippen LogP contribution < -0.4 is 0 Å². The summed E-state index contributed by atoms with van der Waals surface area (Å²) in [6.45, 7) is 0. The van der Waals surface area contributed by atoms with Crippen LogP contribution in [-0.4, -0.2) is 13.1 Å². The predicted molar refractivity (Wildman–Crippen MR) is 83.6 cm³/mol. The van der Waals surface area contributed by atoms with Gasteiger partial charge >= 0.3 is 5.97 Å². The third-order valence-corrected chi connectivity index (χ3v) is 4.54. The van der Waals surface area contributed by atoms with Gasteiger partial charge in [-0.25, -0.2) is 4.79 Å². The minimum Gasteiger partial charge on any atom is -0.465 e. The molecule has 0 N–H and O–H groups in total. The fraction of sp³-hybridized carbons (Fsp3) is 0.0625. The van der Waals surface area contributed by atoms with Crippen LogP contribution in [-0.2, 0) is 4.74 Å². The average molecular weight is 303 g/mol. The Morgan fingerprint density at radius 2 is 1.95 bits per heavy atom. The van der Waals surface area contributed by atoms with Gasteiger partial charge in [-0.2, -0.15) is 0 Å². The van der Waals surface area contributed by atoms with Crippen LogP contribution in [0.1, 0.15) is 10.4 Å². The number of methoxy groups -OCH3 is 1. The molecule has 0 radical (unpaired) electrons. The molecular weight excluding hydrogens is 292 g/mol.